The maximum absolute atomic E-state index is 12.1. The van der Waals surface area contributed by atoms with Gasteiger partial charge in [0, 0.05) is 19.0 Å². The second-order valence-corrected chi connectivity index (χ2v) is 6.80. The van der Waals surface area contributed by atoms with E-state index in [0.29, 0.717) is 4.88 Å². The highest BCUT2D eigenvalue weighted by Crippen LogP contribution is 2.18. The second kappa shape index (κ2) is 9.18. The van der Waals surface area contributed by atoms with Crippen LogP contribution >= 0.6 is 11.3 Å². The number of thiophene rings is 1. The summed E-state index contributed by atoms with van der Waals surface area (Å²) in [6.07, 6.45) is 5.05. The van der Waals surface area contributed by atoms with E-state index in [1.807, 2.05) is 0 Å². The summed E-state index contributed by atoms with van der Waals surface area (Å²) in [5.41, 5.74) is 0. The van der Waals surface area contributed by atoms with Crippen LogP contribution in [0, 0.1) is 17.2 Å². The van der Waals surface area contributed by atoms with Crippen LogP contribution in [-0.4, -0.2) is 30.2 Å². The molecule has 7 heteroatoms. The molecule has 0 bridgehead atoms. The highest BCUT2D eigenvalue weighted by molar-refractivity contribution is 7.12. The lowest BCUT2D eigenvalue weighted by molar-refractivity contribution is -0.132. The molecule has 0 aromatic carbocycles. The van der Waals surface area contributed by atoms with Crippen molar-refractivity contribution in [2.45, 2.75) is 44.6 Å². The van der Waals surface area contributed by atoms with Crippen molar-refractivity contribution in [1.29, 1.82) is 5.26 Å². The van der Waals surface area contributed by atoms with E-state index in [1.165, 1.54) is 11.3 Å². The van der Waals surface area contributed by atoms with Gasteiger partial charge in [-0.15, -0.1) is 11.3 Å². The van der Waals surface area contributed by atoms with Crippen LogP contribution in [0.2, 0.25) is 0 Å². The summed E-state index contributed by atoms with van der Waals surface area (Å²) >= 11 is 1.31. The third-order valence-corrected chi connectivity index (χ3v) is 4.94. The molecule has 1 unspecified atom stereocenters. The molecule has 1 aromatic rings. The van der Waals surface area contributed by atoms with Crippen LogP contribution in [0.5, 0.6) is 0 Å². The first-order valence-corrected chi connectivity index (χ1v) is 9.04. The Labute approximate surface area is 145 Å². The zero-order valence-electron chi connectivity index (χ0n) is 13.4. The normalized spacial score (nSPS) is 16.0. The Hall–Kier alpha value is -2.20. The molecule has 1 saturated carbocycles. The molecular formula is C17H21N3O3S. The molecule has 1 fully saturated rings. The molecule has 6 nitrogen and oxygen atoms in total. The zero-order chi connectivity index (χ0) is 17.4. The Morgan fingerprint density at radius 2 is 2.04 bits per heavy atom. The van der Waals surface area contributed by atoms with Crippen molar-refractivity contribution in [1.82, 2.24) is 10.6 Å². The van der Waals surface area contributed by atoms with Gasteiger partial charge in [0.1, 0.15) is 0 Å². The molecule has 128 valence electrons. The predicted molar refractivity (Wildman–Crippen MR) is 90.4 cm³/mol. The molecule has 0 aliphatic heterocycles. The van der Waals surface area contributed by atoms with Gasteiger partial charge in [0.15, 0.2) is 11.7 Å². The minimum Gasteiger partial charge on any atom is -0.352 e. The van der Waals surface area contributed by atoms with E-state index < -0.39 is 17.6 Å². The van der Waals surface area contributed by atoms with Gasteiger partial charge >= 0.3 is 0 Å². The number of carbonyl (C=O) groups is 3. The number of Topliss-reactive ketones (excluding diaryl/α,β-unsaturated/α-hetero) is 1. The monoisotopic (exact) mass is 347 g/mol. The standard InChI is InChI=1S/C17H21N3O3S/c18-11-13(16(22)20-12-5-2-1-3-6-12)14(21)8-9-19-17(23)15-7-4-10-24-15/h4,7,10,12-13H,1-3,5-6,8-9H2,(H,19,23)(H,20,22). The van der Waals surface area contributed by atoms with Gasteiger partial charge in [-0.05, 0) is 24.3 Å². The highest BCUT2D eigenvalue weighted by atomic mass is 32.1. The molecule has 0 spiro atoms. The zero-order valence-corrected chi connectivity index (χ0v) is 14.2. The fraction of sp³-hybridized carbons (Fsp3) is 0.529. The van der Waals surface area contributed by atoms with Gasteiger partial charge in [0.2, 0.25) is 5.91 Å². The van der Waals surface area contributed by atoms with Gasteiger partial charge in [-0.25, -0.2) is 0 Å². The molecule has 24 heavy (non-hydrogen) atoms. The number of ketones is 1. The number of hydrogen-bond donors (Lipinski definition) is 2. The second-order valence-electron chi connectivity index (χ2n) is 5.86. The average Bonchev–Trinajstić information content (AvgIpc) is 3.11. The van der Waals surface area contributed by atoms with Gasteiger partial charge in [0.25, 0.3) is 5.91 Å². The van der Waals surface area contributed by atoms with Gasteiger partial charge in [-0.3, -0.25) is 14.4 Å². The number of rotatable bonds is 7. The summed E-state index contributed by atoms with van der Waals surface area (Å²) in [5.74, 6) is -2.53. The topological polar surface area (TPSA) is 99.1 Å². The molecule has 0 saturated heterocycles. The van der Waals surface area contributed by atoms with Crippen LogP contribution in [-0.2, 0) is 9.59 Å². The minimum absolute atomic E-state index is 0.0343. The van der Waals surface area contributed by atoms with Crippen LogP contribution < -0.4 is 10.6 Å². The van der Waals surface area contributed by atoms with Crippen LogP contribution in [0.4, 0.5) is 0 Å². The summed E-state index contributed by atoms with van der Waals surface area (Å²) < 4.78 is 0. The van der Waals surface area contributed by atoms with Crippen LogP contribution in [0.3, 0.4) is 0 Å². The quantitative estimate of drug-likeness (QED) is 0.737. The SMILES string of the molecule is N#CC(C(=O)CCNC(=O)c1cccs1)C(=O)NC1CCCCC1. The van der Waals surface area contributed by atoms with Crippen molar-refractivity contribution in [3.05, 3.63) is 22.4 Å². The van der Waals surface area contributed by atoms with Crippen molar-refractivity contribution < 1.29 is 14.4 Å². The number of carbonyl (C=O) groups excluding carboxylic acids is 3. The van der Waals surface area contributed by atoms with Gasteiger partial charge < -0.3 is 10.6 Å². The molecule has 1 atom stereocenters. The van der Waals surface area contributed by atoms with E-state index >= 15 is 0 Å². The van der Waals surface area contributed by atoms with Crippen molar-refractivity contribution in [2.75, 3.05) is 6.54 Å². The van der Waals surface area contributed by atoms with Crippen LogP contribution in [0.25, 0.3) is 0 Å². The number of hydrogen-bond acceptors (Lipinski definition) is 5. The highest BCUT2D eigenvalue weighted by Gasteiger charge is 2.28. The molecule has 1 heterocycles. The molecule has 2 N–H and O–H groups in total. The van der Waals surface area contributed by atoms with Crippen molar-refractivity contribution in [3.63, 3.8) is 0 Å². The molecule has 1 aliphatic carbocycles. The summed E-state index contributed by atoms with van der Waals surface area (Å²) in [7, 11) is 0. The Balaban J connectivity index is 1.77. The molecule has 2 amide bonds. The third-order valence-electron chi connectivity index (χ3n) is 4.07. The van der Waals surface area contributed by atoms with E-state index in [0.717, 1.165) is 32.1 Å². The first-order chi connectivity index (χ1) is 11.6. The number of nitriles is 1. The first-order valence-electron chi connectivity index (χ1n) is 8.16. The summed E-state index contributed by atoms with van der Waals surface area (Å²) in [6, 6.07) is 5.31. The van der Waals surface area contributed by atoms with Crippen LogP contribution in [0.1, 0.15) is 48.2 Å². The summed E-state index contributed by atoms with van der Waals surface area (Å²) in [6.45, 7) is 0.116. The average molecular weight is 347 g/mol. The molecule has 1 aromatic heterocycles. The van der Waals surface area contributed by atoms with E-state index in [2.05, 4.69) is 10.6 Å². The Bertz CT molecular complexity index is 616. The smallest absolute Gasteiger partial charge is 0.261 e. The van der Waals surface area contributed by atoms with E-state index in [4.69, 9.17) is 5.26 Å². The van der Waals surface area contributed by atoms with Crippen molar-refractivity contribution in [2.24, 2.45) is 5.92 Å². The number of amides is 2. The van der Waals surface area contributed by atoms with Crippen molar-refractivity contribution in [3.8, 4) is 6.07 Å². The Kier molecular flexibility index (Phi) is 6.94. The van der Waals surface area contributed by atoms with E-state index in [9.17, 15) is 14.4 Å². The number of nitrogens with zero attached hydrogens (tertiary/aromatic N) is 1. The largest absolute Gasteiger partial charge is 0.352 e. The molecular weight excluding hydrogens is 326 g/mol. The predicted octanol–water partition coefficient (Wildman–Crippen LogP) is 2.03. The summed E-state index contributed by atoms with van der Waals surface area (Å²) in [5, 5.41) is 16.4. The van der Waals surface area contributed by atoms with Gasteiger partial charge in [0.05, 0.1) is 10.9 Å². The molecule has 2 rings (SSSR count). The minimum atomic E-state index is -1.30. The maximum atomic E-state index is 12.1. The van der Waals surface area contributed by atoms with E-state index in [-0.39, 0.29) is 24.9 Å². The summed E-state index contributed by atoms with van der Waals surface area (Å²) in [4.78, 5) is 36.6. The van der Waals surface area contributed by atoms with E-state index in [1.54, 1.807) is 23.6 Å². The lowest BCUT2D eigenvalue weighted by Crippen LogP contribution is -2.42. The Morgan fingerprint density at radius 3 is 2.67 bits per heavy atom. The fourth-order valence-corrected chi connectivity index (χ4v) is 3.39. The van der Waals surface area contributed by atoms with Gasteiger partial charge in [-0.1, -0.05) is 25.3 Å². The van der Waals surface area contributed by atoms with Crippen LogP contribution in [0.15, 0.2) is 17.5 Å². The number of nitrogens with one attached hydrogen (secondary N) is 2. The lowest BCUT2D eigenvalue weighted by Gasteiger charge is -2.23. The Morgan fingerprint density at radius 1 is 1.29 bits per heavy atom. The maximum Gasteiger partial charge on any atom is 0.261 e. The molecule has 0 radical (unpaired) electrons. The van der Waals surface area contributed by atoms with Crippen molar-refractivity contribution >= 4 is 28.9 Å². The third kappa shape index (κ3) is 5.17. The fourth-order valence-electron chi connectivity index (χ4n) is 2.75. The molecule has 1 aliphatic rings. The first kappa shape index (κ1) is 18.1. The van der Waals surface area contributed by atoms with Gasteiger partial charge in [-0.2, -0.15) is 5.26 Å². The lowest BCUT2D eigenvalue weighted by atomic mass is 9.94.